The molecular weight excluding hydrogens is 1500 g/mol. The van der Waals surface area contributed by atoms with E-state index in [2.05, 4.69) is 52.0 Å². The molecule has 2 heterocycles. The minimum atomic E-state index is -5.81. The van der Waals surface area contributed by atoms with Crippen molar-refractivity contribution >= 4 is 31.7 Å². The van der Waals surface area contributed by atoms with Crippen molar-refractivity contribution in [2.45, 2.75) is 491 Å². The second kappa shape index (κ2) is 68.5. The highest BCUT2D eigenvalue weighted by Gasteiger charge is 2.60. The van der Waals surface area contributed by atoms with Crippen LogP contribution >= 0.6 is 7.82 Å². The van der Waals surface area contributed by atoms with E-state index in [1.54, 1.807) is 0 Å². The molecular formula is C89H163O25P. The van der Waals surface area contributed by atoms with Crippen molar-refractivity contribution in [3.8, 4) is 0 Å². The number of rotatable bonds is 74. The maximum absolute atomic E-state index is 14.9. The van der Waals surface area contributed by atoms with Gasteiger partial charge < -0.3 is 88.7 Å². The van der Waals surface area contributed by atoms with Crippen LogP contribution in [0.4, 0.5) is 0 Å². The summed E-state index contributed by atoms with van der Waals surface area (Å²) in [6.45, 7) is 5.56. The van der Waals surface area contributed by atoms with Crippen molar-refractivity contribution in [3.05, 3.63) is 24.3 Å². The van der Waals surface area contributed by atoms with E-state index in [-0.39, 0.29) is 25.7 Å². The monoisotopic (exact) mass is 1660 g/mol. The fraction of sp³-hybridized carbons (Fsp3) is 0.910. The Labute approximate surface area is 692 Å². The Balaban J connectivity index is 1.93. The lowest BCUT2D eigenvalue weighted by atomic mass is 9.84. The molecule has 0 spiro atoms. The van der Waals surface area contributed by atoms with Gasteiger partial charge in [0.15, 0.2) is 24.8 Å². The normalized spacial score (nSPS) is 25.3. The third kappa shape index (κ3) is 49.0. The van der Waals surface area contributed by atoms with E-state index in [4.69, 9.17) is 46.9 Å². The van der Waals surface area contributed by atoms with Gasteiger partial charge in [-0.2, -0.15) is 0 Å². The number of ether oxygens (including phenoxy) is 8. The van der Waals surface area contributed by atoms with Crippen LogP contribution in [0.3, 0.4) is 0 Å². The lowest BCUT2D eigenvalue weighted by Crippen LogP contribution is -2.70. The van der Waals surface area contributed by atoms with Gasteiger partial charge in [-0.1, -0.05) is 309 Å². The molecule has 0 aromatic carbocycles. The van der Waals surface area contributed by atoms with Gasteiger partial charge in [0.05, 0.1) is 13.2 Å². The van der Waals surface area contributed by atoms with Crippen LogP contribution in [-0.2, 0) is 70.7 Å². The molecule has 0 radical (unpaired) electrons. The molecule has 674 valence electrons. The van der Waals surface area contributed by atoms with E-state index < -0.39 is 162 Å². The summed E-state index contributed by atoms with van der Waals surface area (Å²) in [6, 6.07) is 0. The number of aliphatic hydroxyl groups is 9. The Morgan fingerprint density at radius 3 is 1.05 bits per heavy atom. The van der Waals surface area contributed by atoms with Gasteiger partial charge in [-0.05, 0) is 77.0 Å². The highest BCUT2D eigenvalue weighted by Crippen LogP contribution is 2.49. The fourth-order valence-corrected chi connectivity index (χ4v) is 16.0. The summed E-state index contributed by atoms with van der Waals surface area (Å²) in [5.74, 6) is -2.98. The second-order valence-corrected chi connectivity index (χ2v) is 34.2. The zero-order chi connectivity index (χ0) is 84.0. The third-order valence-electron chi connectivity index (χ3n) is 22.4. The van der Waals surface area contributed by atoms with Crippen molar-refractivity contribution in [3.63, 3.8) is 0 Å². The van der Waals surface area contributed by atoms with Gasteiger partial charge in [-0.25, -0.2) is 4.57 Å². The Hall–Kier alpha value is -3.05. The molecule has 26 heteroatoms. The zero-order valence-electron chi connectivity index (χ0n) is 71.6. The number of unbranched alkanes of at least 4 members (excludes halogenated alkanes) is 46. The summed E-state index contributed by atoms with van der Waals surface area (Å²) in [7, 11) is -5.81. The number of carbonyl (C=O) groups excluding carboxylic acids is 4. The molecule has 115 heavy (non-hydrogen) atoms. The first-order valence-electron chi connectivity index (χ1n) is 46.1. The molecule has 10 N–H and O–H groups in total. The van der Waals surface area contributed by atoms with Gasteiger partial charge in [-0.15, -0.1) is 0 Å². The topological polar surface area (TPSA) is 380 Å². The summed E-state index contributed by atoms with van der Waals surface area (Å²) in [5.41, 5.74) is 0. The van der Waals surface area contributed by atoms with Crippen LogP contribution in [0, 0.1) is 0 Å². The summed E-state index contributed by atoms with van der Waals surface area (Å²) in [4.78, 5) is 66.4. The van der Waals surface area contributed by atoms with Crippen LogP contribution in [0.1, 0.15) is 387 Å². The van der Waals surface area contributed by atoms with Crippen LogP contribution in [0.25, 0.3) is 0 Å². The largest absolute Gasteiger partial charge is 0.472 e. The van der Waals surface area contributed by atoms with E-state index in [1.807, 2.05) is 0 Å². The predicted molar refractivity (Wildman–Crippen MR) is 444 cm³/mol. The van der Waals surface area contributed by atoms with Gasteiger partial charge in [0.25, 0.3) is 0 Å². The maximum atomic E-state index is 14.9. The highest BCUT2D eigenvalue weighted by atomic mass is 31.2. The number of carbonyl (C=O) groups is 4. The van der Waals surface area contributed by atoms with E-state index in [9.17, 15) is 74.6 Å². The number of phosphoric acid groups is 1. The van der Waals surface area contributed by atoms with Crippen LogP contribution in [0.5, 0.6) is 0 Å². The molecule has 0 aromatic heterocycles. The third-order valence-corrected chi connectivity index (χ3v) is 23.4. The number of hydrogen-bond donors (Lipinski definition) is 10. The van der Waals surface area contributed by atoms with Gasteiger partial charge >= 0.3 is 31.7 Å². The van der Waals surface area contributed by atoms with E-state index in [1.165, 1.54) is 161 Å². The number of allylic oxidation sites excluding steroid dienone is 4. The van der Waals surface area contributed by atoms with Gasteiger partial charge in [0.2, 0.25) is 0 Å². The summed E-state index contributed by atoms with van der Waals surface area (Å²) >= 11 is 0. The first-order chi connectivity index (χ1) is 55.7. The molecule has 2 saturated heterocycles. The quantitative estimate of drug-likeness (QED) is 0.00889. The smallest absolute Gasteiger partial charge is 0.463 e. The minimum Gasteiger partial charge on any atom is -0.463 e. The first kappa shape index (κ1) is 106. The van der Waals surface area contributed by atoms with Crippen LogP contribution in [0.15, 0.2) is 24.3 Å². The molecule has 25 nitrogen and oxygen atoms in total. The molecule has 18 atom stereocenters. The summed E-state index contributed by atoms with van der Waals surface area (Å²) < 4.78 is 73.3. The molecule has 0 amide bonds. The van der Waals surface area contributed by atoms with Crippen molar-refractivity contribution < 1.29 is 122 Å². The highest BCUT2D eigenvalue weighted by molar-refractivity contribution is 7.47. The van der Waals surface area contributed by atoms with Crippen LogP contribution in [-0.4, -0.2) is 205 Å². The Morgan fingerprint density at radius 1 is 0.339 bits per heavy atom. The van der Waals surface area contributed by atoms with Crippen LogP contribution in [0.2, 0.25) is 0 Å². The predicted octanol–water partition coefficient (Wildman–Crippen LogP) is 16.5. The van der Waals surface area contributed by atoms with Gasteiger partial charge in [0, 0.05) is 25.7 Å². The number of phosphoric ester groups is 1. The van der Waals surface area contributed by atoms with E-state index >= 15 is 0 Å². The lowest BCUT2D eigenvalue weighted by molar-refractivity contribution is -0.360. The average molecular weight is 1660 g/mol. The molecule has 3 rings (SSSR count). The van der Waals surface area contributed by atoms with Crippen molar-refractivity contribution in [2.24, 2.45) is 0 Å². The maximum Gasteiger partial charge on any atom is 0.472 e. The molecule has 1 saturated carbocycles. The Bertz CT molecular complexity index is 2490. The molecule has 2 aliphatic heterocycles. The average Bonchev–Trinajstić information content (AvgIpc) is 0.753. The SMILES string of the molecule is CCCCCC/C=C\CCCCCCCCCC(=O)OC1C(O)C(O)C(OC2OC(CO)C(O)C(O)C2O)C(OP(=O)(O)OCC(COC(=O)CCCCCCCCCCCCCCC)OC(=O)CCCCCCCCCCCCCCCCC)C1OC1OC(COC(=O)CCCCC/C=C\CCCCCCCC)C(O)C(O)C1O. The molecule has 0 bridgehead atoms. The second-order valence-electron chi connectivity index (χ2n) is 32.8. The Morgan fingerprint density at radius 2 is 0.652 bits per heavy atom. The molecule has 18 unspecified atom stereocenters. The Kier molecular flexibility index (Phi) is 63.2. The first-order valence-corrected chi connectivity index (χ1v) is 47.6. The van der Waals surface area contributed by atoms with Gasteiger partial charge in [0.1, 0.15) is 92.6 Å². The molecule has 0 aromatic rings. The van der Waals surface area contributed by atoms with E-state index in [0.717, 1.165) is 135 Å². The summed E-state index contributed by atoms with van der Waals surface area (Å²) in [5, 5.41) is 102. The molecule has 3 aliphatic rings. The zero-order valence-corrected chi connectivity index (χ0v) is 72.5. The number of esters is 4. The summed E-state index contributed by atoms with van der Waals surface area (Å²) in [6.07, 6.45) is 27.5. The molecule has 3 fully saturated rings. The lowest BCUT2D eigenvalue weighted by Gasteiger charge is -2.50. The standard InChI is InChI=1S/C89H163O25P/c1-5-9-13-17-21-25-29-33-35-39-43-47-51-55-59-63-74(93)108-69(66-105-72(91)61-57-53-49-45-41-37-31-27-23-19-15-11-7-3)67-107-115(103,104)114-87-85(112-88-82(101)78(97)76(95)70(65-90)109-88)81(100)80(99)84(111-75(94)64-60-56-52-48-44-40-36-34-30-26-22-18-14-10-6-2)86(87)113-89-83(102)79(98)77(96)71(110-89)68-106-73(92)62-58-54-50-46-42-38-32-28-24-20-16-12-8-4/h26,30,38,42,69-71,76-90,95-102H,5-25,27-29,31-37,39-41,43-68H2,1-4H3,(H,103,104)/b30-26-,42-38-. The van der Waals surface area contributed by atoms with Crippen molar-refractivity contribution in [2.75, 3.05) is 26.4 Å². The fourth-order valence-electron chi connectivity index (χ4n) is 15.1. The number of aliphatic hydroxyl groups excluding tert-OH is 9. The molecule has 1 aliphatic carbocycles. The van der Waals surface area contributed by atoms with Crippen molar-refractivity contribution in [1.82, 2.24) is 0 Å². The van der Waals surface area contributed by atoms with Gasteiger partial charge in [-0.3, -0.25) is 28.2 Å². The van der Waals surface area contributed by atoms with Crippen LogP contribution < -0.4 is 0 Å². The van der Waals surface area contributed by atoms with Crippen molar-refractivity contribution in [1.29, 1.82) is 0 Å². The van der Waals surface area contributed by atoms with E-state index in [0.29, 0.717) is 38.5 Å². The number of hydrogen-bond acceptors (Lipinski definition) is 24. The minimum absolute atomic E-state index is 0.00624.